The van der Waals surface area contributed by atoms with E-state index in [2.05, 4.69) is 26.5 Å². The molecule has 0 aromatic heterocycles. The Morgan fingerprint density at radius 1 is 0.900 bits per heavy atom. The maximum Gasteiger partial charge on any atom is 0.271 e. The average Bonchev–Trinajstić information content (AvgIpc) is 2.78. The van der Waals surface area contributed by atoms with Gasteiger partial charge in [0.05, 0.1) is 16.3 Å². The van der Waals surface area contributed by atoms with Crippen LogP contribution < -0.4 is 9.73 Å². The minimum Gasteiger partial charge on any atom is -0.269 e. The summed E-state index contributed by atoms with van der Waals surface area (Å²) >= 11 is 3.38. The smallest absolute Gasteiger partial charge is 0.269 e. The molecule has 0 heterocycles. The van der Waals surface area contributed by atoms with Crippen molar-refractivity contribution in [3.05, 3.63) is 94.5 Å². The van der Waals surface area contributed by atoms with E-state index in [1.54, 1.807) is 61.5 Å². The first-order valence-corrected chi connectivity index (χ1v) is 11.3. The Labute approximate surface area is 184 Å². The van der Waals surface area contributed by atoms with Crippen molar-refractivity contribution in [3.8, 4) is 0 Å². The quantitative estimate of drug-likeness (QED) is 0.414. The van der Waals surface area contributed by atoms with Gasteiger partial charge < -0.3 is 0 Å². The van der Waals surface area contributed by atoms with Gasteiger partial charge in [0, 0.05) is 17.1 Å². The maximum atomic E-state index is 12.7. The van der Waals surface area contributed by atoms with E-state index in [0.29, 0.717) is 17.0 Å². The molecule has 6 nitrogen and oxygen atoms in total. The van der Waals surface area contributed by atoms with Crippen molar-refractivity contribution >= 4 is 43.3 Å². The second-order valence-corrected chi connectivity index (χ2v) is 9.36. The molecule has 0 spiro atoms. The second kappa shape index (κ2) is 9.23. The van der Waals surface area contributed by atoms with Crippen molar-refractivity contribution in [1.82, 2.24) is 5.43 Å². The van der Waals surface area contributed by atoms with Gasteiger partial charge in [0.15, 0.2) is 0 Å². The van der Waals surface area contributed by atoms with Crippen LogP contribution in [0.5, 0.6) is 0 Å². The topological polar surface area (TPSA) is 78.8 Å². The highest BCUT2D eigenvalue weighted by Gasteiger charge is 2.21. The molecular formula is C22H20BrN3O3S. The highest BCUT2D eigenvalue weighted by atomic mass is 79.9. The number of anilines is 1. The minimum atomic E-state index is -3.67. The Bertz CT molecular complexity index is 1160. The molecule has 0 saturated heterocycles. The van der Waals surface area contributed by atoms with Crippen LogP contribution in [-0.4, -0.2) is 27.1 Å². The van der Waals surface area contributed by atoms with E-state index >= 15 is 0 Å². The number of nitrogens with zero attached hydrogens (tertiary/aromatic N) is 2. The Kier molecular flexibility index (Phi) is 6.69. The monoisotopic (exact) mass is 485 g/mol. The first-order chi connectivity index (χ1) is 14.3. The summed E-state index contributed by atoms with van der Waals surface area (Å²) in [6, 6.07) is 22.1. The van der Waals surface area contributed by atoms with Crippen LogP contribution in [0.25, 0.3) is 0 Å². The Morgan fingerprint density at radius 2 is 1.47 bits per heavy atom. The molecular weight excluding hydrogens is 466 g/mol. The lowest BCUT2D eigenvalue weighted by Crippen LogP contribution is -2.26. The summed E-state index contributed by atoms with van der Waals surface area (Å²) in [6.07, 6.45) is 0. The number of amides is 1. The Balaban J connectivity index is 1.71. The van der Waals surface area contributed by atoms with E-state index in [1.807, 2.05) is 24.3 Å². The van der Waals surface area contributed by atoms with E-state index in [4.69, 9.17) is 0 Å². The zero-order chi connectivity index (χ0) is 21.7. The van der Waals surface area contributed by atoms with E-state index in [1.165, 1.54) is 11.4 Å². The van der Waals surface area contributed by atoms with Gasteiger partial charge in [0.25, 0.3) is 15.9 Å². The predicted molar refractivity (Wildman–Crippen MR) is 122 cm³/mol. The number of nitrogens with one attached hydrogen (secondary N) is 1. The van der Waals surface area contributed by atoms with E-state index < -0.39 is 10.0 Å². The van der Waals surface area contributed by atoms with Gasteiger partial charge in [-0.3, -0.25) is 9.10 Å². The lowest BCUT2D eigenvalue weighted by molar-refractivity contribution is 0.0955. The summed E-state index contributed by atoms with van der Waals surface area (Å²) in [5.41, 5.74) is 4.90. The van der Waals surface area contributed by atoms with Crippen LogP contribution in [0.15, 0.2) is 93.3 Å². The van der Waals surface area contributed by atoms with Crippen LogP contribution in [0, 0.1) is 0 Å². The van der Waals surface area contributed by atoms with Crippen molar-refractivity contribution in [2.45, 2.75) is 11.8 Å². The lowest BCUT2D eigenvalue weighted by Gasteiger charge is -2.19. The molecule has 8 heteroatoms. The number of rotatable bonds is 6. The molecule has 30 heavy (non-hydrogen) atoms. The lowest BCUT2D eigenvalue weighted by atomic mass is 10.1. The maximum absolute atomic E-state index is 12.7. The fourth-order valence-electron chi connectivity index (χ4n) is 2.67. The molecule has 0 bridgehead atoms. The van der Waals surface area contributed by atoms with Crippen molar-refractivity contribution in [2.75, 3.05) is 11.4 Å². The molecule has 0 saturated carbocycles. The number of benzene rings is 3. The molecule has 0 aliphatic rings. The molecule has 0 fully saturated rings. The largest absolute Gasteiger partial charge is 0.271 e. The number of hydrogen-bond acceptors (Lipinski definition) is 4. The van der Waals surface area contributed by atoms with Gasteiger partial charge in [-0.05, 0) is 61.0 Å². The molecule has 3 rings (SSSR count). The third kappa shape index (κ3) is 4.95. The van der Waals surface area contributed by atoms with E-state index in [-0.39, 0.29) is 10.8 Å². The third-order valence-corrected chi connectivity index (χ3v) is 6.81. The van der Waals surface area contributed by atoms with Crippen LogP contribution in [0.3, 0.4) is 0 Å². The fourth-order valence-corrected chi connectivity index (χ4v) is 4.15. The predicted octanol–water partition coefficient (Wildman–Crippen LogP) is 4.43. The van der Waals surface area contributed by atoms with Gasteiger partial charge in [-0.15, -0.1) is 0 Å². The summed E-state index contributed by atoms with van der Waals surface area (Å²) in [5.74, 6) is -0.383. The fraction of sp³-hybridized carbons (Fsp3) is 0.0909. The molecule has 0 aliphatic heterocycles. The number of halogens is 1. The Morgan fingerprint density at radius 3 is 2.07 bits per heavy atom. The van der Waals surface area contributed by atoms with Crippen LogP contribution >= 0.6 is 15.9 Å². The molecule has 0 atom stereocenters. The SMILES string of the molecule is C/C(=N\NC(=O)c1ccc(N(C)S(=O)(=O)c2ccccc2)cc1)c1ccc(Br)cc1. The number of hydrogen-bond donors (Lipinski definition) is 1. The summed E-state index contributed by atoms with van der Waals surface area (Å²) in [6.45, 7) is 1.80. The molecule has 3 aromatic carbocycles. The van der Waals surface area contributed by atoms with Crippen LogP contribution in [0.4, 0.5) is 5.69 Å². The van der Waals surface area contributed by atoms with Gasteiger partial charge in [-0.1, -0.05) is 46.3 Å². The molecule has 0 unspecified atom stereocenters. The summed E-state index contributed by atoms with van der Waals surface area (Å²) in [7, 11) is -2.20. The first-order valence-electron chi connectivity index (χ1n) is 9.03. The summed E-state index contributed by atoms with van der Waals surface area (Å²) in [4.78, 5) is 12.6. The molecule has 1 amide bonds. The zero-order valence-corrected chi connectivity index (χ0v) is 18.8. The van der Waals surface area contributed by atoms with Gasteiger partial charge in [0.1, 0.15) is 0 Å². The van der Waals surface area contributed by atoms with Crippen molar-refractivity contribution < 1.29 is 13.2 Å². The number of sulfonamides is 1. The number of carbonyl (C=O) groups excluding carboxylic acids is 1. The third-order valence-electron chi connectivity index (χ3n) is 4.48. The molecule has 3 aromatic rings. The highest BCUT2D eigenvalue weighted by molar-refractivity contribution is 9.10. The standard InChI is InChI=1S/C22H20BrN3O3S/c1-16(17-8-12-19(23)13-9-17)24-25-22(27)18-10-14-20(15-11-18)26(2)30(28,29)21-6-4-3-5-7-21/h3-15H,1-2H3,(H,25,27)/b24-16+. The number of carbonyl (C=O) groups is 1. The van der Waals surface area contributed by atoms with Crippen molar-refractivity contribution in [1.29, 1.82) is 0 Å². The number of hydrazone groups is 1. The first kappa shape index (κ1) is 21.7. The Hall–Kier alpha value is -2.97. The van der Waals surface area contributed by atoms with Gasteiger partial charge in [-0.2, -0.15) is 5.10 Å². The highest BCUT2D eigenvalue weighted by Crippen LogP contribution is 2.22. The van der Waals surface area contributed by atoms with Crippen LogP contribution in [-0.2, 0) is 10.0 Å². The second-order valence-electron chi connectivity index (χ2n) is 6.48. The van der Waals surface area contributed by atoms with Crippen LogP contribution in [0.2, 0.25) is 0 Å². The van der Waals surface area contributed by atoms with Crippen LogP contribution in [0.1, 0.15) is 22.8 Å². The molecule has 0 radical (unpaired) electrons. The normalized spacial score (nSPS) is 11.8. The van der Waals surface area contributed by atoms with Gasteiger partial charge in [0.2, 0.25) is 0 Å². The molecule has 0 aliphatic carbocycles. The summed E-state index contributed by atoms with van der Waals surface area (Å²) < 4.78 is 27.6. The zero-order valence-electron chi connectivity index (χ0n) is 16.4. The molecule has 1 N–H and O–H groups in total. The minimum absolute atomic E-state index is 0.201. The van der Waals surface area contributed by atoms with Crippen molar-refractivity contribution in [2.24, 2.45) is 5.10 Å². The average molecular weight is 486 g/mol. The van der Waals surface area contributed by atoms with Crippen molar-refractivity contribution in [3.63, 3.8) is 0 Å². The van der Waals surface area contributed by atoms with Gasteiger partial charge in [-0.25, -0.2) is 13.8 Å². The van der Waals surface area contributed by atoms with E-state index in [9.17, 15) is 13.2 Å². The summed E-state index contributed by atoms with van der Waals surface area (Å²) in [5, 5.41) is 4.13. The van der Waals surface area contributed by atoms with Gasteiger partial charge >= 0.3 is 0 Å². The van der Waals surface area contributed by atoms with E-state index in [0.717, 1.165) is 10.0 Å². The molecule has 154 valence electrons.